The highest BCUT2D eigenvalue weighted by molar-refractivity contribution is 5.66. The van der Waals surface area contributed by atoms with Gasteiger partial charge in [-0.3, -0.25) is 0 Å². The van der Waals surface area contributed by atoms with Gasteiger partial charge in [-0.15, -0.1) is 5.10 Å². The molecule has 1 saturated carbocycles. The average molecular weight is 490 g/mol. The van der Waals surface area contributed by atoms with E-state index in [2.05, 4.69) is 35.3 Å². The Balaban J connectivity index is 1.13. The largest absolute Gasteiger partial charge is 0.368 e. The Morgan fingerprint density at radius 1 is 0.944 bits per heavy atom. The topological polar surface area (TPSA) is 111 Å². The molecule has 2 atom stereocenters. The molecule has 11 heteroatoms. The predicted octanol–water partition coefficient (Wildman–Crippen LogP) is 4.14. The van der Waals surface area contributed by atoms with Crippen LogP contribution in [0.5, 0.6) is 0 Å². The molecule has 1 aliphatic heterocycles. The molecule has 0 amide bonds. The van der Waals surface area contributed by atoms with Crippen LogP contribution in [0.3, 0.4) is 0 Å². The summed E-state index contributed by atoms with van der Waals surface area (Å²) < 4.78 is 29.0. The third-order valence-electron chi connectivity index (χ3n) is 6.90. The molecular formula is C25H25F2N9. The molecule has 0 radical (unpaired) electrons. The number of nitrogens with two attached hydrogens (primary N) is 1. The molecule has 9 nitrogen and oxygen atoms in total. The van der Waals surface area contributed by atoms with Crippen molar-refractivity contribution in [2.45, 2.75) is 18.8 Å². The highest BCUT2D eigenvalue weighted by Gasteiger charge is 2.50. The summed E-state index contributed by atoms with van der Waals surface area (Å²) in [7, 11) is 1.82. The molecule has 184 valence electrons. The number of aromatic nitrogens is 6. The van der Waals surface area contributed by atoms with E-state index < -0.39 is 5.92 Å². The van der Waals surface area contributed by atoms with Crippen molar-refractivity contribution < 1.29 is 8.78 Å². The lowest BCUT2D eigenvalue weighted by atomic mass is 10.0. The monoisotopic (exact) mass is 489 g/mol. The Morgan fingerprint density at radius 2 is 1.67 bits per heavy atom. The quantitative estimate of drug-likeness (QED) is 0.430. The minimum atomic E-state index is -2.51. The Kier molecular flexibility index (Phi) is 5.27. The van der Waals surface area contributed by atoms with Gasteiger partial charge in [-0.25, -0.2) is 28.4 Å². The first-order chi connectivity index (χ1) is 17.3. The van der Waals surface area contributed by atoms with Gasteiger partial charge in [0.2, 0.25) is 17.8 Å². The van der Waals surface area contributed by atoms with Crippen molar-refractivity contribution in [2.24, 2.45) is 18.9 Å². The van der Waals surface area contributed by atoms with Crippen LogP contribution in [-0.2, 0) is 7.05 Å². The van der Waals surface area contributed by atoms with E-state index in [0.29, 0.717) is 24.9 Å². The first kappa shape index (κ1) is 22.3. The third-order valence-corrected chi connectivity index (χ3v) is 6.90. The molecular weight excluding hydrogens is 464 g/mol. The van der Waals surface area contributed by atoms with Gasteiger partial charge in [-0.2, -0.15) is 4.98 Å². The SMILES string of the molecule is Cn1nc(-c2ccc(N3CC4CC(F)(F)CC4C3)nc2)nc1Nc1ccc(-c2ccnc(N)n2)cc1. The van der Waals surface area contributed by atoms with E-state index in [4.69, 9.17) is 5.73 Å². The molecule has 3 aromatic heterocycles. The van der Waals surface area contributed by atoms with Crippen molar-refractivity contribution in [1.82, 2.24) is 29.7 Å². The number of fused-ring (bicyclic) bond motifs is 1. The minimum absolute atomic E-state index is 0.0160. The number of alkyl halides is 2. The third kappa shape index (κ3) is 4.32. The average Bonchev–Trinajstić information content (AvgIpc) is 3.50. The van der Waals surface area contributed by atoms with Gasteiger partial charge < -0.3 is 16.0 Å². The molecule has 3 N–H and O–H groups in total. The lowest BCUT2D eigenvalue weighted by Gasteiger charge is -2.20. The Labute approximate surface area is 206 Å². The maximum atomic E-state index is 13.6. The summed E-state index contributed by atoms with van der Waals surface area (Å²) in [5, 5.41) is 7.80. The van der Waals surface area contributed by atoms with Crippen molar-refractivity contribution >= 4 is 23.4 Å². The maximum absolute atomic E-state index is 13.6. The molecule has 0 bridgehead atoms. The van der Waals surface area contributed by atoms with Crippen molar-refractivity contribution in [1.29, 1.82) is 0 Å². The molecule has 2 fully saturated rings. The summed E-state index contributed by atoms with van der Waals surface area (Å²) in [5.74, 6) is -0.261. The molecule has 4 heterocycles. The Bertz CT molecular complexity index is 1370. The predicted molar refractivity (Wildman–Crippen MR) is 133 cm³/mol. The zero-order valence-corrected chi connectivity index (χ0v) is 19.6. The first-order valence-electron chi connectivity index (χ1n) is 11.8. The van der Waals surface area contributed by atoms with Gasteiger partial charge in [-0.1, -0.05) is 12.1 Å². The van der Waals surface area contributed by atoms with Crippen LogP contribution >= 0.6 is 0 Å². The van der Waals surface area contributed by atoms with E-state index in [0.717, 1.165) is 28.3 Å². The van der Waals surface area contributed by atoms with Crippen molar-refractivity contribution in [2.75, 3.05) is 29.0 Å². The Hall–Kier alpha value is -4.15. The van der Waals surface area contributed by atoms with Crippen molar-refractivity contribution in [3.63, 3.8) is 0 Å². The summed E-state index contributed by atoms with van der Waals surface area (Å²) in [4.78, 5) is 19.5. The van der Waals surface area contributed by atoms with Crippen molar-refractivity contribution in [3.05, 3.63) is 54.9 Å². The van der Waals surface area contributed by atoms with Gasteiger partial charge in [0.1, 0.15) is 5.82 Å². The fraction of sp³-hybridized carbons (Fsp3) is 0.320. The number of rotatable bonds is 5. The van der Waals surface area contributed by atoms with E-state index in [1.54, 1.807) is 23.1 Å². The highest BCUT2D eigenvalue weighted by atomic mass is 19.3. The summed E-state index contributed by atoms with van der Waals surface area (Å²) in [5.41, 5.74) is 8.99. The highest BCUT2D eigenvalue weighted by Crippen LogP contribution is 2.47. The van der Waals surface area contributed by atoms with Gasteiger partial charge in [0.05, 0.1) is 5.69 Å². The maximum Gasteiger partial charge on any atom is 0.248 e. The standard InChI is InChI=1S/C25H25F2N9/c1-35-24(31-19-5-2-15(3-6-19)20-8-9-29-23(28)32-20)33-22(34-35)16-4-7-21(30-12-16)36-13-17-10-25(26,27)11-18(17)14-36/h2-9,12,17-18H,10-11,13-14H2,1H3,(H2,28,29,32)(H,31,33,34). The number of hydrogen-bond acceptors (Lipinski definition) is 8. The summed E-state index contributed by atoms with van der Waals surface area (Å²) in [6.45, 7) is 1.26. The molecule has 1 saturated heterocycles. The molecule has 4 aromatic rings. The zero-order valence-electron chi connectivity index (χ0n) is 19.6. The van der Waals surface area contributed by atoms with Crippen LogP contribution in [-0.4, -0.2) is 48.7 Å². The van der Waals surface area contributed by atoms with Gasteiger partial charge in [-0.05, 0) is 42.2 Å². The fourth-order valence-electron chi connectivity index (χ4n) is 5.15. The van der Waals surface area contributed by atoms with Gasteiger partial charge >= 0.3 is 0 Å². The van der Waals surface area contributed by atoms with Crippen LogP contribution in [0.4, 0.5) is 32.2 Å². The van der Waals surface area contributed by atoms with E-state index in [9.17, 15) is 8.78 Å². The van der Waals surface area contributed by atoms with E-state index in [-0.39, 0.29) is 30.6 Å². The van der Waals surface area contributed by atoms with Crippen LogP contribution < -0.4 is 16.0 Å². The summed E-state index contributed by atoms with van der Waals surface area (Å²) >= 11 is 0. The van der Waals surface area contributed by atoms with Crippen LogP contribution in [0, 0.1) is 11.8 Å². The molecule has 0 spiro atoms. The number of halogens is 2. The van der Waals surface area contributed by atoms with Crippen molar-refractivity contribution in [3.8, 4) is 22.6 Å². The lowest BCUT2D eigenvalue weighted by Crippen LogP contribution is -2.24. The number of aryl methyl sites for hydroxylation is 1. The molecule has 6 rings (SSSR count). The number of pyridine rings is 1. The number of nitrogens with zero attached hydrogens (tertiary/aromatic N) is 7. The first-order valence-corrected chi connectivity index (χ1v) is 11.8. The number of hydrogen-bond donors (Lipinski definition) is 2. The van der Waals surface area contributed by atoms with E-state index in [1.165, 1.54) is 0 Å². The van der Waals surface area contributed by atoms with E-state index >= 15 is 0 Å². The molecule has 2 unspecified atom stereocenters. The minimum Gasteiger partial charge on any atom is -0.368 e. The van der Waals surface area contributed by atoms with Gasteiger partial charge in [0.15, 0.2) is 5.82 Å². The number of benzene rings is 1. The number of nitrogen functional groups attached to an aromatic ring is 1. The van der Waals surface area contributed by atoms with Crippen LogP contribution in [0.25, 0.3) is 22.6 Å². The normalized spacial score (nSPS) is 20.5. The fourth-order valence-corrected chi connectivity index (χ4v) is 5.15. The van der Waals surface area contributed by atoms with E-state index in [1.807, 2.05) is 43.4 Å². The molecule has 36 heavy (non-hydrogen) atoms. The molecule has 2 aliphatic rings. The smallest absolute Gasteiger partial charge is 0.248 e. The summed E-state index contributed by atoms with van der Waals surface area (Å²) in [6.07, 6.45) is 3.33. The van der Waals surface area contributed by atoms with Crippen LogP contribution in [0.2, 0.25) is 0 Å². The number of anilines is 4. The van der Waals surface area contributed by atoms with Crippen LogP contribution in [0.15, 0.2) is 54.9 Å². The second-order valence-electron chi connectivity index (χ2n) is 9.48. The van der Waals surface area contributed by atoms with Gasteiger partial charge in [0.25, 0.3) is 0 Å². The second kappa shape index (κ2) is 8.51. The number of nitrogens with one attached hydrogen (secondary N) is 1. The summed E-state index contributed by atoms with van der Waals surface area (Å²) in [6, 6.07) is 13.4. The Morgan fingerprint density at radius 3 is 2.33 bits per heavy atom. The lowest BCUT2D eigenvalue weighted by molar-refractivity contribution is 0.00172. The van der Waals surface area contributed by atoms with Gasteiger partial charge in [0, 0.05) is 62.2 Å². The van der Waals surface area contributed by atoms with Crippen LogP contribution in [0.1, 0.15) is 12.8 Å². The molecule has 1 aromatic carbocycles. The molecule has 1 aliphatic carbocycles. The zero-order chi connectivity index (χ0) is 24.9. The second-order valence-corrected chi connectivity index (χ2v) is 9.48.